The monoisotopic (exact) mass is 325 g/mol. The Kier molecular flexibility index (Phi) is 3.11. The molecule has 2 bridgehead atoms. The molecule has 1 aliphatic heterocycles. The van der Waals surface area contributed by atoms with Crippen molar-refractivity contribution in [2.45, 2.75) is 50.1 Å². The second-order valence-electron chi connectivity index (χ2n) is 7.57. The smallest absolute Gasteiger partial charge is 0.115 e. The molecule has 23 heavy (non-hydrogen) atoms. The van der Waals surface area contributed by atoms with E-state index in [0.717, 1.165) is 18.9 Å². The first-order valence-corrected chi connectivity index (χ1v) is 9.73. The lowest BCUT2D eigenvalue weighted by Crippen LogP contribution is -2.57. The van der Waals surface area contributed by atoms with Gasteiger partial charge in [0.1, 0.15) is 5.75 Å². The maximum absolute atomic E-state index is 10.0. The third-order valence-electron chi connectivity index (χ3n) is 6.62. The molecular weight excluding hydrogens is 302 g/mol. The average Bonchev–Trinajstić information content (AvgIpc) is 3.21. The molecule has 2 nitrogen and oxygen atoms in total. The van der Waals surface area contributed by atoms with Crippen molar-refractivity contribution in [1.82, 2.24) is 4.90 Å². The summed E-state index contributed by atoms with van der Waals surface area (Å²) in [4.78, 5) is 4.24. The van der Waals surface area contributed by atoms with Crippen molar-refractivity contribution in [3.63, 3.8) is 0 Å². The second-order valence-corrected chi connectivity index (χ2v) is 8.60. The zero-order valence-electron chi connectivity index (χ0n) is 13.4. The third kappa shape index (κ3) is 2.03. The number of thiophene rings is 1. The van der Waals surface area contributed by atoms with E-state index in [2.05, 4.69) is 34.5 Å². The van der Waals surface area contributed by atoms with Crippen LogP contribution in [0.4, 0.5) is 0 Å². The minimum atomic E-state index is 0.350. The van der Waals surface area contributed by atoms with E-state index in [0.29, 0.717) is 17.2 Å². The Balaban J connectivity index is 1.55. The number of piperidine rings is 1. The Labute approximate surface area is 141 Å². The number of aromatic hydroxyl groups is 1. The highest BCUT2D eigenvalue weighted by Gasteiger charge is 2.55. The minimum Gasteiger partial charge on any atom is -0.508 e. The fourth-order valence-corrected chi connectivity index (χ4v) is 6.43. The lowest BCUT2D eigenvalue weighted by atomic mass is 9.59. The molecule has 2 aromatic rings. The number of phenols is 1. The summed E-state index contributed by atoms with van der Waals surface area (Å²) in [5.74, 6) is 1.23. The number of fused-ring (bicyclic) bond motifs is 1. The van der Waals surface area contributed by atoms with Gasteiger partial charge in [0.2, 0.25) is 0 Å². The molecule has 120 valence electrons. The van der Waals surface area contributed by atoms with Crippen LogP contribution in [0.15, 0.2) is 35.7 Å². The normalized spacial score (nSPS) is 32.5. The molecule has 1 saturated carbocycles. The number of likely N-dealkylation sites (tertiary alicyclic amines) is 1. The van der Waals surface area contributed by atoms with Crippen LogP contribution < -0.4 is 0 Å². The number of hydrogen-bond acceptors (Lipinski definition) is 3. The third-order valence-corrected chi connectivity index (χ3v) is 7.49. The van der Waals surface area contributed by atoms with Crippen LogP contribution in [0.1, 0.15) is 41.7 Å². The van der Waals surface area contributed by atoms with E-state index < -0.39 is 0 Å². The second kappa shape index (κ2) is 5.09. The molecule has 1 saturated heterocycles. The van der Waals surface area contributed by atoms with Gasteiger partial charge in [-0.25, -0.2) is 0 Å². The first kappa shape index (κ1) is 14.1. The van der Waals surface area contributed by atoms with Gasteiger partial charge in [-0.2, -0.15) is 0 Å². The maximum Gasteiger partial charge on any atom is 0.115 e. The van der Waals surface area contributed by atoms with Crippen molar-refractivity contribution in [2.24, 2.45) is 5.92 Å². The van der Waals surface area contributed by atoms with Gasteiger partial charge in [-0.3, -0.25) is 4.90 Å². The standard InChI is InChI=1S/C20H23NOS/c22-15-6-5-14-11-19-17-4-1-7-20(17,18(14)12-15)8-9-21(19)13-16-3-2-10-23-16/h2-3,5-6,10,12,17,19,22H,1,4,7-9,11,13H2/t17-,19+,20+/m0/s1. The molecule has 3 atom stereocenters. The van der Waals surface area contributed by atoms with E-state index >= 15 is 0 Å². The number of phenolic OH excluding ortho intramolecular Hbond substituents is 1. The summed E-state index contributed by atoms with van der Waals surface area (Å²) in [7, 11) is 0. The zero-order chi connectivity index (χ0) is 15.4. The van der Waals surface area contributed by atoms with Crippen molar-refractivity contribution in [2.75, 3.05) is 6.54 Å². The number of hydrogen-bond donors (Lipinski definition) is 1. The zero-order valence-corrected chi connectivity index (χ0v) is 14.2. The molecule has 1 aromatic carbocycles. The van der Waals surface area contributed by atoms with Gasteiger partial charge in [-0.1, -0.05) is 18.6 Å². The SMILES string of the molecule is Oc1ccc2c(c1)[C@@]13CCC[C@H]1[C@@H](C2)N(Cc1cccs1)CC3. The molecule has 3 heteroatoms. The van der Waals surface area contributed by atoms with Crippen LogP contribution in [0.5, 0.6) is 5.75 Å². The molecular formula is C20H23NOS. The van der Waals surface area contributed by atoms with Crippen molar-refractivity contribution in [1.29, 1.82) is 0 Å². The molecule has 2 heterocycles. The fourth-order valence-electron chi connectivity index (χ4n) is 5.70. The average molecular weight is 325 g/mol. The lowest BCUT2D eigenvalue weighted by molar-refractivity contribution is 0.0264. The number of rotatable bonds is 2. The fraction of sp³-hybridized carbons (Fsp3) is 0.500. The Morgan fingerprint density at radius 1 is 1.26 bits per heavy atom. The number of benzene rings is 1. The van der Waals surface area contributed by atoms with Crippen LogP contribution in [0, 0.1) is 5.92 Å². The quantitative estimate of drug-likeness (QED) is 0.889. The Morgan fingerprint density at radius 2 is 2.22 bits per heavy atom. The van der Waals surface area contributed by atoms with Crippen molar-refractivity contribution < 1.29 is 5.11 Å². The highest BCUT2D eigenvalue weighted by Crippen LogP contribution is 2.57. The van der Waals surface area contributed by atoms with Gasteiger partial charge in [0.15, 0.2) is 0 Å². The number of nitrogens with zero attached hydrogens (tertiary/aromatic N) is 1. The van der Waals surface area contributed by atoms with Crippen LogP contribution in [0.3, 0.4) is 0 Å². The Bertz CT molecular complexity index is 725. The van der Waals surface area contributed by atoms with E-state index in [9.17, 15) is 5.11 Å². The molecule has 0 spiro atoms. The summed E-state index contributed by atoms with van der Waals surface area (Å²) >= 11 is 1.88. The van der Waals surface area contributed by atoms with E-state index in [1.165, 1.54) is 48.2 Å². The van der Waals surface area contributed by atoms with Crippen LogP contribution in [-0.2, 0) is 18.4 Å². The van der Waals surface area contributed by atoms with Gasteiger partial charge in [0.05, 0.1) is 0 Å². The van der Waals surface area contributed by atoms with Crippen LogP contribution in [-0.4, -0.2) is 22.6 Å². The van der Waals surface area contributed by atoms with Crippen LogP contribution >= 0.6 is 11.3 Å². The Hall–Kier alpha value is -1.32. The van der Waals surface area contributed by atoms with Crippen molar-refractivity contribution in [3.8, 4) is 5.75 Å². The summed E-state index contributed by atoms with van der Waals surface area (Å²) < 4.78 is 0. The highest BCUT2D eigenvalue weighted by atomic mass is 32.1. The van der Waals surface area contributed by atoms with Crippen molar-refractivity contribution in [3.05, 3.63) is 51.7 Å². The van der Waals surface area contributed by atoms with Gasteiger partial charge in [-0.05, 0) is 72.9 Å². The van der Waals surface area contributed by atoms with E-state index in [1.54, 1.807) is 0 Å². The maximum atomic E-state index is 10.0. The summed E-state index contributed by atoms with van der Waals surface area (Å²) in [6.45, 7) is 2.32. The highest BCUT2D eigenvalue weighted by molar-refractivity contribution is 7.09. The molecule has 5 rings (SSSR count). The first-order valence-electron chi connectivity index (χ1n) is 8.85. The van der Waals surface area contributed by atoms with Crippen molar-refractivity contribution >= 4 is 11.3 Å². The predicted molar refractivity (Wildman–Crippen MR) is 94.0 cm³/mol. The molecule has 0 amide bonds. The topological polar surface area (TPSA) is 23.5 Å². The summed E-state index contributed by atoms with van der Waals surface area (Å²) in [6, 6.07) is 11.3. The van der Waals surface area contributed by atoms with E-state index in [4.69, 9.17) is 0 Å². The van der Waals surface area contributed by atoms with Gasteiger partial charge >= 0.3 is 0 Å². The van der Waals surface area contributed by atoms with Crippen LogP contribution in [0.25, 0.3) is 0 Å². The van der Waals surface area contributed by atoms with Crippen LogP contribution in [0.2, 0.25) is 0 Å². The summed E-state index contributed by atoms with van der Waals surface area (Å²) in [6.07, 6.45) is 6.45. The lowest BCUT2D eigenvalue weighted by Gasteiger charge is -2.54. The van der Waals surface area contributed by atoms with E-state index in [-0.39, 0.29) is 0 Å². The van der Waals surface area contributed by atoms with Gasteiger partial charge < -0.3 is 5.11 Å². The van der Waals surface area contributed by atoms with Gasteiger partial charge in [-0.15, -0.1) is 11.3 Å². The Morgan fingerprint density at radius 3 is 3.09 bits per heavy atom. The molecule has 2 fully saturated rings. The van der Waals surface area contributed by atoms with E-state index in [1.807, 2.05) is 17.4 Å². The first-order chi connectivity index (χ1) is 11.3. The predicted octanol–water partition coefficient (Wildman–Crippen LogP) is 4.32. The minimum absolute atomic E-state index is 0.350. The molecule has 2 aliphatic carbocycles. The largest absolute Gasteiger partial charge is 0.508 e. The summed E-state index contributed by atoms with van der Waals surface area (Å²) in [5.41, 5.74) is 3.32. The summed E-state index contributed by atoms with van der Waals surface area (Å²) in [5, 5.41) is 12.2. The molecule has 0 unspecified atom stereocenters. The van der Waals surface area contributed by atoms with Gasteiger partial charge in [0, 0.05) is 22.9 Å². The molecule has 0 radical (unpaired) electrons. The van der Waals surface area contributed by atoms with Gasteiger partial charge in [0.25, 0.3) is 0 Å². The molecule has 1 aromatic heterocycles. The molecule has 3 aliphatic rings. The molecule has 1 N–H and O–H groups in total.